The SMILES string of the molecule is NCCCOCCOCCOCCCNC(=O)OCC1C2=C(C=C=C=C2)c2ccccc21. The minimum atomic E-state index is -0.416. The first-order valence-corrected chi connectivity index (χ1v) is 11.2. The minimum Gasteiger partial charge on any atom is -0.449 e. The molecule has 2 aliphatic carbocycles. The van der Waals surface area contributed by atoms with E-state index in [0.29, 0.717) is 59.2 Å². The summed E-state index contributed by atoms with van der Waals surface area (Å²) in [5, 5.41) is 2.78. The highest BCUT2D eigenvalue weighted by atomic mass is 16.6. The van der Waals surface area contributed by atoms with Crippen molar-refractivity contribution < 1.29 is 23.7 Å². The Balaban J connectivity index is 1.23. The van der Waals surface area contributed by atoms with Crippen LogP contribution in [0.25, 0.3) is 5.57 Å². The lowest BCUT2D eigenvalue weighted by atomic mass is 9.96. The van der Waals surface area contributed by atoms with Gasteiger partial charge in [0.2, 0.25) is 0 Å². The number of nitrogens with two attached hydrogens (primary N) is 1. The summed E-state index contributed by atoms with van der Waals surface area (Å²) in [5.41, 5.74) is 16.0. The zero-order valence-electron chi connectivity index (χ0n) is 18.4. The number of rotatable bonds is 15. The summed E-state index contributed by atoms with van der Waals surface area (Å²) in [4.78, 5) is 12.1. The molecule has 172 valence electrons. The summed E-state index contributed by atoms with van der Waals surface area (Å²) in [6.45, 7) is 4.80. The lowest BCUT2D eigenvalue weighted by molar-refractivity contribution is 0.0140. The lowest BCUT2D eigenvalue weighted by Gasteiger charge is -2.15. The number of allylic oxidation sites excluding steroid dienone is 3. The molecule has 0 bridgehead atoms. The van der Waals surface area contributed by atoms with E-state index in [0.717, 1.165) is 17.6 Å². The maximum absolute atomic E-state index is 12.1. The van der Waals surface area contributed by atoms with Crippen LogP contribution < -0.4 is 11.1 Å². The molecule has 3 rings (SSSR count). The summed E-state index contributed by atoms with van der Waals surface area (Å²) < 4.78 is 21.7. The van der Waals surface area contributed by atoms with Gasteiger partial charge >= 0.3 is 6.09 Å². The van der Waals surface area contributed by atoms with Crippen LogP contribution in [0.15, 0.2) is 53.5 Å². The Kier molecular flexibility index (Phi) is 10.3. The number of hydrogen-bond acceptors (Lipinski definition) is 6. The maximum Gasteiger partial charge on any atom is 0.407 e. The second-order valence-electron chi connectivity index (χ2n) is 7.44. The highest BCUT2D eigenvalue weighted by Crippen LogP contribution is 2.43. The Morgan fingerprint density at radius 2 is 1.62 bits per heavy atom. The third-order valence-electron chi connectivity index (χ3n) is 5.19. The largest absolute Gasteiger partial charge is 0.449 e. The van der Waals surface area contributed by atoms with Crippen molar-refractivity contribution in [1.82, 2.24) is 5.32 Å². The lowest BCUT2D eigenvalue weighted by Crippen LogP contribution is -2.27. The molecule has 1 aromatic carbocycles. The molecule has 0 aromatic heterocycles. The van der Waals surface area contributed by atoms with Gasteiger partial charge in [-0.25, -0.2) is 4.79 Å². The van der Waals surface area contributed by atoms with Gasteiger partial charge in [-0.3, -0.25) is 0 Å². The summed E-state index contributed by atoms with van der Waals surface area (Å²) in [6.07, 6.45) is 5.02. The third-order valence-corrected chi connectivity index (χ3v) is 5.19. The zero-order valence-corrected chi connectivity index (χ0v) is 18.4. The predicted molar refractivity (Wildman–Crippen MR) is 122 cm³/mol. The summed E-state index contributed by atoms with van der Waals surface area (Å²) in [7, 11) is 0. The normalized spacial score (nSPS) is 15.7. The number of fused-ring (bicyclic) bond motifs is 2. The third kappa shape index (κ3) is 7.21. The van der Waals surface area contributed by atoms with Crippen LogP contribution in [0.2, 0.25) is 0 Å². The first-order valence-electron chi connectivity index (χ1n) is 11.2. The molecule has 7 heteroatoms. The van der Waals surface area contributed by atoms with Gasteiger partial charge in [0.25, 0.3) is 0 Å². The van der Waals surface area contributed by atoms with Crippen LogP contribution in [0.3, 0.4) is 0 Å². The van der Waals surface area contributed by atoms with Crippen molar-refractivity contribution in [3.63, 3.8) is 0 Å². The fourth-order valence-corrected chi connectivity index (χ4v) is 3.61. The van der Waals surface area contributed by atoms with Crippen molar-refractivity contribution in [3.8, 4) is 0 Å². The van der Waals surface area contributed by atoms with Gasteiger partial charge < -0.3 is 30.0 Å². The fourth-order valence-electron chi connectivity index (χ4n) is 3.61. The van der Waals surface area contributed by atoms with E-state index in [1.54, 1.807) is 0 Å². The van der Waals surface area contributed by atoms with E-state index < -0.39 is 6.09 Å². The van der Waals surface area contributed by atoms with Gasteiger partial charge in [-0.1, -0.05) is 35.7 Å². The van der Waals surface area contributed by atoms with Crippen molar-refractivity contribution in [2.24, 2.45) is 5.73 Å². The number of hydrogen-bond donors (Lipinski definition) is 2. The van der Waals surface area contributed by atoms with E-state index in [4.69, 9.17) is 24.7 Å². The quantitative estimate of drug-likeness (QED) is 0.322. The maximum atomic E-state index is 12.1. The van der Waals surface area contributed by atoms with Crippen LogP contribution in [0.1, 0.15) is 29.9 Å². The molecular formula is C25H32N2O5. The van der Waals surface area contributed by atoms with Gasteiger partial charge in [-0.15, -0.1) is 0 Å². The molecule has 0 heterocycles. The molecule has 7 nitrogen and oxygen atoms in total. The van der Waals surface area contributed by atoms with Crippen molar-refractivity contribution in [1.29, 1.82) is 0 Å². The van der Waals surface area contributed by atoms with E-state index in [1.807, 2.05) is 24.3 Å². The van der Waals surface area contributed by atoms with E-state index >= 15 is 0 Å². The van der Waals surface area contributed by atoms with Crippen LogP contribution in [-0.4, -0.2) is 65.4 Å². The molecule has 0 aliphatic heterocycles. The summed E-state index contributed by atoms with van der Waals surface area (Å²) in [5.74, 6) is 0.0206. The number of nitrogens with one attached hydrogen (secondary N) is 1. The van der Waals surface area contributed by atoms with Gasteiger partial charge in [0, 0.05) is 25.7 Å². The summed E-state index contributed by atoms with van der Waals surface area (Å²) >= 11 is 0. The van der Waals surface area contributed by atoms with Gasteiger partial charge in [0.1, 0.15) is 6.61 Å². The minimum absolute atomic E-state index is 0.0206. The van der Waals surface area contributed by atoms with Gasteiger partial charge in [-0.05, 0) is 53.8 Å². The molecule has 0 fully saturated rings. The topological polar surface area (TPSA) is 92.0 Å². The molecule has 1 atom stereocenters. The summed E-state index contributed by atoms with van der Waals surface area (Å²) in [6, 6.07) is 8.19. The molecule has 0 saturated heterocycles. The second kappa shape index (κ2) is 13.7. The zero-order chi connectivity index (χ0) is 22.4. The molecule has 32 heavy (non-hydrogen) atoms. The molecule has 1 unspecified atom stereocenters. The molecule has 0 saturated carbocycles. The molecule has 1 amide bonds. The van der Waals surface area contributed by atoms with Crippen LogP contribution in [-0.2, 0) is 18.9 Å². The van der Waals surface area contributed by atoms with E-state index in [2.05, 4.69) is 28.9 Å². The molecular weight excluding hydrogens is 408 g/mol. The first kappa shape index (κ1) is 24.0. The number of carbonyl (C=O) groups excluding carboxylic acids is 1. The average Bonchev–Trinajstić information content (AvgIpc) is 3.14. The highest BCUT2D eigenvalue weighted by molar-refractivity contribution is 5.87. The van der Waals surface area contributed by atoms with Crippen molar-refractivity contribution in [2.75, 3.05) is 59.3 Å². The number of carbonyl (C=O) groups is 1. The Hall–Kier alpha value is -2.63. The van der Waals surface area contributed by atoms with Crippen LogP contribution in [0, 0.1) is 0 Å². The van der Waals surface area contributed by atoms with Crippen LogP contribution in [0.5, 0.6) is 0 Å². The van der Waals surface area contributed by atoms with Crippen molar-refractivity contribution >= 4 is 11.7 Å². The number of alkyl carbamates (subject to hydrolysis) is 1. The fraction of sp³-hybridized carbons (Fsp3) is 0.480. The average molecular weight is 441 g/mol. The van der Waals surface area contributed by atoms with Gasteiger partial charge in [0.15, 0.2) is 0 Å². The van der Waals surface area contributed by atoms with E-state index in [1.165, 1.54) is 11.1 Å². The van der Waals surface area contributed by atoms with Crippen LogP contribution >= 0.6 is 0 Å². The van der Waals surface area contributed by atoms with Crippen LogP contribution in [0.4, 0.5) is 4.79 Å². The Morgan fingerprint density at radius 3 is 2.41 bits per heavy atom. The standard InChI is InChI=1S/C25H32N2O5/c26-11-5-13-29-15-17-31-18-16-30-14-6-12-27-25(28)32-19-24-22-9-3-1-7-20(22)21-8-2-4-10-23(21)24/h1,3,7-10,24H,5-6,11-19,26H2,(H,27,28). The Labute approximate surface area is 189 Å². The molecule has 0 spiro atoms. The van der Waals surface area contributed by atoms with Gasteiger partial charge in [-0.2, -0.15) is 0 Å². The Bertz CT molecular complexity index is 882. The second-order valence-corrected chi connectivity index (χ2v) is 7.44. The molecule has 0 radical (unpaired) electrons. The smallest absolute Gasteiger partial charge is 0.407 e. The highest BCUT2D eigenvalue weighted by Gasteiger charge is 2.30. The van der Waals surface area contributed by atoms with Crippen molar-refractivity contribution in [2.45, 2.75) is 18.8 Å². The van der Waals surface area contributed by atoms with E-state index in [-0.39, 0.29) is 12.5 Å². The number of ether oxygens (including phenoxy) is 4. The monoisotopic (exact) mass is 440 g/mol. The Morgan fingerprint density at radius 1 is 0.938 bits per heavy atom. The van der Waals surface area contributed by atoms with Gasteiger partial charge in [0.05, 0.1) is 26.4 Å². The van der Waals surface area contributed by atoms with Crippen molar-refractivity contribution in [3.05, 3.63) is 64.6 Å². The number of benzene rings is 1. The predicted octanol–water partition coefficient (Wildman–Crippen LogP) is 2.93. The molecule has 1 aromatic rings. The molecule has 2 aliphatic rings. The van der Waals surface area contributed by atoms with E-state index in [9.17, 15) is 4.79 Å². The number of amides is 1. The first-order chi connectivity index (χ1) is 15.8. The molecule has 3 N–H and O–H groups in total.